The molecule has 0 radical (unpaired) electrons. The van der Waals surface area contributed by atoms with Crippen LogP contribution in [0, 0.1) is 19.7 Å². The van der Waals surface area contributed by atoms with Crippen molar-refractivity contribution in [2.45, 2.75) is 46.3 Å². The molecule has 0 fully saturated rings. The number of aryl methyl sites for hydroxylation is 2. The molecule has 0 aliphatic carbocycles. The molecule has 1 atom stereocenters. The number of aromatic nitrogens is 3. The topological polar surface area (TPSA) is 104 Å². The Morgan fingerprint density at radius 3 is 2.39 bits per heavy atom. The molecule has 5 aromatic rings. The molecule has 0 saturated carbocycles. The molecule has 46 heavy (non-hydrogen) atoms. The number of carbonyl (C=O) groups is 1. The van der Waals surface area contributed by atoms with E-state index in [-0.39, 0.29) is 19.8 Å². The van der Waals surface area contributed by atoms with Gasteiger partial charge in [-0.15, -0.1) is 0 Å². The molecule has 0 saturated heterocycles. The van der Waals surface area contributed by atoms with Gasteiger partial charge in [-0.1, -0.05) is 30.3 Å². The summed E-state index contributed by atoms with van der Waals surface area (Å²) in [6.45, 7) is 10.3. The van der Waals surface area contributed by atoms with Crippen LogP contribution in [0.2, 0.25) is 0 Å². The van der Waals surface area contributed by atoms with Gasteiger partial charge >= 0.3 is 5.97 Å². The second kappa shape index (κ2) is 12.5. The normalized spacial score (nSPS) is 14.4. The minimum Gasteiger partial charge on any atom is -0.491 e. The van der Waals surface area contributed by atoms with E-state index in [0.717, 1.165) is 22.3 Å². The lowest BCUT2D eigenvalue weighted by molar-refractivity contribution is -0.160. The van der Waals surface area contributed by atoms with Crippen molar-refractivity contribution in [1.82, 2.24) is 14.6 Å². The minimum absolute atomic E-state index is 0.230. The number of carboxylic acids is 1. The van der Waals surface area contributed by atoms with Gasteiger partial charge in [0.2, 0.25) is 0 Å². The van der Waals surface area contributed by atoms with Crippen LogP contribution in [0.4, 0.5) is 4.39 Å². The van der Waals surface area contributed by atoms with Crippen molar-refractivity contribution >= 4 is 11.6 Å². The second-order valence-electron chi connectivity index (χ2n) is 12.2. The lowest BCUT2D eigenvalue weighted by Gasteiger charge is -2.27. The van der Waals surface area contributed by atoms with Crippen LogP contribution in [0.5, 0.6) is 11.5 Å². The van der Waals surface area contributed by atoms with Crippen LogP contribution >= 0.6 is 0 Å². The molecule has 0 unspecified atom stereocenters. The van der Waals surface area contributed by atoms with E-state index in [4.69, 9.17) is 29.0 Å². The fourth-order valence-electron chi connectivity index (χ4n) is 5.58. The third-order valence-corrected chi connectivity index (χ3v) is 7.63. The molecule has 1 N–H and O–H groups in total. The van der Waals surface area contributed by atoms with Gasteiger partial charge in [0, 0.05) is 40.1 Å². The van der Waals surface area contributed by atoms with Crippen molar-refractivity contribution < 1.29 is 33.2 Å². The molecule has 10 heteroatoms. The maximum absolute atomic E-state index is 14.3. The van der Waals surface area contributed by atoms with Gasteiger partial charge < -0.3 is 24.1 Å². The molecule has 6 rings (SSSR count). The SMILES string of the molecule is Cc1ccc2cc1OCCOCCOc1cc(F)ccc1-c1cccc(c1)-c1cc3nc(C)c([C@H](OC(C)(C)C)C(=O)O)c-2n3n1. The molecular formula is C36H36FN3O6. The van der Waals surface area contributed by atoms with Crippen molar-refractivity contribution in [3.8, 4) is 45.1 Å². The molecule has 2 aromatic heterocycles. The lowest BCUT2D eigenvalue weighted by atomic mass is 9.98. The van der Waals surface area contributed by atoms with E-state index in [1.165, 1.54) is 12.1 Å². The number of halogens is 1. The molecule has 3 aromatic carbocycles. The molecule has 0 spiro atoms. The summed E-state index contributed by atoms with van der Waals surface area (Å²) >= 11 is 0. The maximum Gasteiger partial charge on any atom is 0.337 e. The smallest absolute Gasteiger partial charge is 0.337 e. The summed E-state index contributed by atoms with van der Waals surface area (Å²) in [7, 11) is 0. The van der Waals surface area contributed by atoms with Crippen molar-refractivity contribution in [2.75, 3.05) is 26.4 Å². The van der Waals surface area contributed by atoms with Crippen LogP contribution in [0.1, 0.15) is 43.7 Å². The molecule has 9 nitrogen and oxygen atoms in total. The van der Waals surface area contributed by atoms with Crippen molar-refractivity contribution in [3.05, 3.63) is 89.4 Å². The van der Waals surface area contributed by atoms with Crippen LogP contribution in [0.25, 0.3) is 39.3 Å². The maximum atomic E-state index is 14.3. The van der Waals surface area contributed by atoms with E-state index < -0.39 is 23.5 Å². The van der Waals surface area contributed by atoms with Crippen LogP contribution < -0.4 is 9.47 Å². The standard InChI is InChI=1S/C36H36FN3O6/c1-21-9-10-25-18-29(21)44-15-13-43-14-16-45-30-19-26(37)11-12-27(30)23-7-6-8-24(17-23)28-20-31-38-22(2)32(33(25)40(31)39-28)34(35(41)42)46-36(3,4)5/h6-12,17-20,34H,13-16H2,1-5H3,(H,41,42)/t34-/m0/s1. The fourth-order valence-corrected chi connectivity index (χ4v) is 5.58. The van der Waals surface area contributed by atoms with Gasteiger partial charge in [0.25, 0.3) is 0 Å². The summed E-state index contributed by atoms with van der Waals surface area (Å²) in [5.74, 6) is -0.514. The highest BCUT2D eigenvalue weighted by Crippen LogP contribution is 2.39. The molecule has 238 valence electrons. The number of nitrogens with zero attached hydrogens (tertiary/aromatic N) is 3. The Morgan fingerprint density at radius 1 is 0.913 bits per heavy atom. The summed E-state index contributed by atoms with van der Waals surface area (Å²) in [4.78, 5) is 17.6. The van der Waals surface area contributed by atoms with Crippen LogP contribution in [-0.2, 0) is 14.3 Å². The first-order valence-corrected chi connectivity index (χ1v) is 15.1. The van der Waals surface area contributed by atoms with E-state index in [9.17, 15) is 14.3 Å². The zero-order valence-corrected chi connectivity index (χ0v) is 26.5. The first kappa shape index (κ1) is 31.2. The highest BCUT2D eigenvalue weighted by Gasteiger charge is 2.33. The Bertz CT molecular complexity index is 1930. The van der Waals surface area contributed by atoms with Gasteiger partial charge in [0.05, 0.1) is 30.2 Å². The quantitative estimate of drug-likeness (QED) is 0.224. The molecule has 1 aliphatic heterocycles. The minimum atomic E-state index is -1.32. The number of ether oxygens (including phenoxy) is 4. The monoisotopic (exact) mass is 625 g/mol. The first-order chi connectivity index (χ1) is 22.0. The highest BCUT2D eigenvalue weighted by atomic mass is 19.1. The third-order valence-electron chi connectivity index (χ3n) is 7.63. The van der Waals surface area contributed by atoms with Crippen LogP contribution in [0.15, 0.2) is 66.7 Å². The largest absolute Gasteiger partial charge is 0.491 e. The Morgan fingerprint density at radius 2 is 1.65 bits per heavy atom. The predicted octanol–water partition coefficient (Wildman–Crippen LogP) is 7.21. The molecular weight excluding hydrogens is 589 g/mol. The third kappa shape index (κ3) is 6.45. The number of aliphatic carboxylic acids is 1. The summed E-state index contributed by atoms with van der Waals surface area (Å²) in [6.07, 6.45) is -1.32. The lowest BCUT2D eigenvalue weighted by Crippen LogP contribution is -2.29. The first-order valence-electron chi connectivity index (χ1n) is 15.1. The number of fused-ring (bicyclic) bond motifs is 9. The second-order valence-corrected chi connectivity index (χ2v) is 12.2. The van der Waals surface area contributed by atoms with Gasteiger partial charge in [-0.3, -0.25) is 0 Å². The highest BCUT2D eigenvalue weighted by molar-refractivity contribution is 5.82. The zero-order valence-electron chi connectivity index (χ0n) is 26.5. The van der Waals surface area contributed by atoms with E-state index >= 15 is 0 Å². The fraction of sp³-hybridized carbons (Fsp3) is 0.306. The molecule has 0 amide bonds. The average molecular weight is 626 g/mol. The van der Waals surface area contributed by atoms with Crippen molar-refractivity contribution in [1.29, 1.82) is 0 Å². The number of hydrogen-bond acceptors (Lipinski definition) is 7. The molecule has 1 aliphatic rings. The van der Waals surface area contributed by atoms with Crippen molar-refractivity contribution in [2.24, 2.45) is 0 Å². The van der Waals surface area contributed by atoms with Crippen molar-refractivity contribution in [3.63, 3.8) is 0 Å². The number of hydrogen-bond donors (Lipinski definition) is 1. The summed E-state index contributed by atoms with van der Waals surface area (Å²) in [5.41, 5.74) is 5.76. The van der Waals surface area contributed by atoms with E-state index in [1.807, 2.05) is 76.2 Å². The number of carboxylic acid groups (broad SMARTS) is 1. The predicted molar refractivity (Wildman–Crippen MR) is 172 cm³/mol. The Labute approximate surface area is 266 Å². The Kier molecular flexibility index (Phi) is 8.50. The van der Waals surface area contributed by atoms with Gasteiger partial charge in [-0.2, -0.15) is 5.10 Å². The van der Waals surface area contributed by atoms with E-state index in [0.29, 0.717) is 52.0 Å². The van der Waals surface area contributed by atoms with E-state index in [2.05, 4.69) is 0 Å². The Balaban J connectivity index is 1.61. The molecule has 3 heterocycles. The van der Waals surface area contributed by atoms with Gasteiger partial charge in [0.1, 0.15) is 30.5 Å². The number of benzene rings is 3. The van der Waals surface area contributed by atoms with Gasteiger partial charge in [-0.25, -0.2) is 18.7 Å². The van der Waals surface area contributed by atoms with E-state index in [1.54, 1.807) is 17.5 Å². The summed E-state index contributed by atoms with van der Waals surface area (Å²) < 4.78 is 39.9. The van der Waals surface area contributed by atoms with Gasteiger partial charge in [-0.05, 0) is 70.0 Å². The van der Waals surface area contributed by atoms with Crippen LogP contribution in [0.3, 0.4) is 0 Å². The van der Waals surface area contributed by atoms with Crippen LogP contribution in [-0.4, -0.2) is 57.7 Å². The summed E-state index contributed by atoms with van der Waals surface area (Å²) in [6, 6.07) is 19.8. The Hall–Kier alpha value is -4.80. The zero-order chi connectivity index (χ0) is 32.6. The average Bonchev–Trinajstić information content (AvgIpc) is 3.42. The molecule has 6 bridgehead atoms. The summed E-state index contributed by atoms with van der Waals surface area (Å²) in [5, 5.41) is 15.4. The number of rotatable bonds is 3. The van der Waals surface area contributed by atoms with Gasteiger partial charge in [0.15, 0.2) is 11.8 Å².